The molecule has 0 spiro atoms. The summed E-state index contributed by atoms with van der Waals surface area (Å²) in [7, 11) is 0. The summed E-state index contributed by atoms with van der Waals surface area (Å²) in [5.74, 6) is 0.555. The monoisotopic (exact) mass is 191 g/mol. The molecule has 2 unspecified atom stereocenters. The average Bonchev–Trinajstić information content (AvgIpc) is 2.26. The highest BCUT2D eigenvalue weighted by Crippen LogP contribution is 2.26. The minimum absolute atomic E-state index is 0.162. The number of ether oxygens (including phenoxy) is 1. The number of nitrogens with one attached hydrogen (secondary N) is 2. The molecule has 1 saturated heterocycles. The van der Waals surface area contributed by atoms with Gasteiger partial charge in [0.05, 0.1) is 18.6 Å². The van der Waals surface area contributed by atoms with Crippen molar-refractivity contribution in [2.45, 2.75) is 12.5 Å². The highest BCUT2D eigenvalue weighted by Gasteiger charge is 2.31. The van der Waals surface area contributed by atoms with Gasteiger partial charge in [-0.25, -0.2) is 0 Å². The van der Waals surface area contributed by atoms with Gasteiger partial charge in [-0.3, -0.25) is 10.3 Å². The normalized spacial score (nSPS) is 34.3. The van der Waals surface area contributed by atoms with Crippen molar-refractivity contribution < 1.29 is 4.74 Å². The van der Waals surface area contributed by atoms with Gasteiger partial charge in [0.1, 0.15) is 12.4 Å². The van der Waals surface area contributed by atoms with Gasteiger partial charge in [-0.15, -0.1) is 0 Å². The van der Waals surface area contributed by atoms with E-state index in [2.05, 4.69) is 21.7 Å². The van der Waals surface area contributed by atoms with Crippen molar-refractivity contribution in [2.75, 3.05) is 13.2 Å². The fourth-order valence-electron chi connectivity index (χ4n) is 2.17. The SMILES string of the molecule is C1=COC2CC3CNCNC3=CC2=N1. The third-order valence-electron chi connectivity index (χ3n) is 2.91. The van der Waals surface area contributed by atoms with Crippen LogP contribution in [0, 0.1) is 5.92 Å². The van der Waals surface area contributed by atoms with Crippen LogP contribution in [0.5, 0.6) is 0 Å². The van der Waals surface area contributed by atoms with Crippen molar-refractivity contribution in [2.24, 2.45) is 10.9 Å². The molecule has 0 aromatic rings. The van der Waals surface area contributed by atoms with Crippen LogP contribution in [0.4, 0.5) is 0 Å². The van der Waals surface area contributed by atoms with Gasteiger partial charge in [-0.05, 0) is 12.5 Å². The fourth-order valence-corrected chi connectivity index (χ4v) is 2.17. The maximum absolute atomic E-state index is 5.52. The molecule has 0 amide bonds. The first-order valence-electron chi connectivity index (χ1n) is 4.98. The Morgan fingerprint density at radius 2 is 2.50 bits per heavy atom. The second-order valence-electron chi connectivity index (χ2n) is 3.80. The van der Waals surface area contributed by atoms with Gasteiger partial charge < -0.3 is 10.1 Å². The highest BCUT2D eigenvalue weighted by molar-refractivity contribution is 6.00. The van der Waals surface area contributed by atoms with Gasteiger partial charge in [0.25, 0.3) is 0 Å². The van der Waals surface area contributed by atoms with Crippen LogP contribution >= 0.6 is 0 Å². The maximum Gasteiger partial charge on any atom is 0.140 e. The van der Waals surface area contributed by atoms with Crippen LogP contribution in [0.25, 0.3) is 0 Å². The standard InChI is InChI=1S/C10H13N3O/c1-2-14-10-3-7-5-11-6-13-8(7)4-9(10)12-1/h1-2,4,7,10-11,13H,3,5-6H2. The molecule has 2 heterocycles. The molecule has 0 aromatic carbocycles. The summed E-state index contributed by atoms with van der Waals surface area (Å²) in [6.07, 6.45) is 6.70. The Bertz CT molecular complexity index is 332. The van der Waals surface area contributed by atoms with E-state index >= 15 is 0 Å². The van der Waals surface area contributed by atoms with E-state index in [9.17, 15) is 0 Å². The van der Waals surface area contributed by atoms with Crippen molar-refractivity contribution in [3.05, 3.63) is 24.2 Å². The predicted octanol–water partition coefficient (Wildman–Crippen LogP) is 0.352. The summed E-state index contributed by atoms with van der Waals surface area (Å²) in [6.45, 7) is 1.90. The van der Waals surface area contributed by atoms with E-state index in [1.54, 1.807) is 12.5 Å². The summed E-state index contributed by atoms with van der Waals surface area (Å²) in [5, 5.41) is 6.66. The maximum atomic E-state index is 5.52. The van der Waals surface area contributed by atoms with Crippen molar-refractivity contribution in [3.8, 4) is 0 Å². The first-order valence-corrected chi connectivity index (χ1v) is 4.98. The van der Waals surface area contributed by atoms with E-state index in [0.717, 1.165) is 25.3 Å². The van der Waals surface area contributed by atoms with Crippen molar-refractivity contribution in [1.82, 2.24) is 10.6 Å². The number of fused-ring (bicyclic) bond motifs is 2. The van der Waals surface area contributed by atoms with Crippen LogP contribution in [-0.2, 0) is 4.74 Å². The third kappa shape index (κ3) is 1.23. The minimum atomic E-state index is 0.162. The van der Waals surface area contributed by atoms with Crippen LogP contribution in [0.1, 0.15) is 6.42 Å². The molecule has 2 N–H and O–H groups in total. The molecule has 1 fully saturated rings. The molecular weight excluding hydrogens is 178 g/mol. The summed E-state index contributed by atoms with van der Waals surface area (Å²) < 4.78 is 5.52. The molecule has 2 atom stereocenters. The molecule has 3 aliphatic rings. The number of hydrogen-bond acceptors (Lipinski definition) is 4. The lowest BCUT2D eigenvalue weighted by atomic mass is 9.87. The van der Waals surface area contributed by atoms with Gasteiger partial charge >= 0.3 is 0 Å². The number of hydrogen-bond donors (Lipinski definition) is 2. The van der Waals surface area contributed by atoms with Crippen LogP contribution in [0.15, 0.2) is 29.2 Å². The molecule has 4 heteroatoms. The number of nitrogens with zero attached hydrogens (tertiary/aromatic N) is 1. The highest BCUT2D eigenvalue weighted by atomic mass is 16.5. The summed E-state index contributed by atoms with van der Waals surface area (Å²) in [4.78, 5) is 4.32. The minimum Gasteiger partial charge on any atom is -0.490 e. The molecule has 1 aliphatic carbocycles. The predicted molar refractivity (Wildman–Crippen MR) is 53.6 cm³/mol. The zero-order valence-corrected chi connectivity index (χ0v) is 7.86. The molecule has 2 aliphatic heterocycles. The quantitative estimate of drug-likeness (QED) is 0.581. The molecule has 3 rings (SSSR count). The Morgan fingerprint density at radius 3 is 3.50 bits per heavy atom. The van der Waals surface area contributed by atoms with Crippen LogP contribution < -0.4 is 10.6 Å². The summed E-state index contributed by atoms with van der Waals surface area (Å²) in [6, 6.07) is 0. The van der Waals surface area contributed by atoms with Gasteiger partial charge in [0.2, 0.25) is 0 Å². The van der Waals surface area contributed by atoms with E-state index in [0.29, 0.717) is 5.92 Å². The number of rotatable bonds is 0. The Morgan fingerprint density at radius 1 is 1.50 bits per heavy atom. The van der Waals surface area contributed by atoms with Gasteiger partial charge in [-0.1, -0.05) is 0 Å². The molecule has 0 aromatic heterocycles. The zero-order chi connectivity index (χ0) is 9.38. The fraction of sp³-hybridized carbons (Fsp3) is 0.500. The lowest BCUT2D eigenvalue weighted by Gasteiger charge is -2.35. The van der Waals surface area contributed by atoms with Gasteiger partial charge in [0, 0.05) is 18.2 Å². The molecule has 74 valence electrons. The molecule has 14 heavy (non-hydrogen) atoms. The topological polar surface area (TPSA) is 45.6 Å². The third-order valence-corrected chi connectivity index (χ3v) is 2.91. The second-order valence-corrected chi connectivity index (χ2v) is 3.80. The first kappa shape index (κ1) is 8.05. The second kappa shape index (κ2) is 3.13. The Balaban J connectivity index is 1.92. The molecule has 4 nitrogen and oxygen atoms in total. The Kier molecular flexibility index (Phi) is 1.80. The van der Waals surface area contributed by atoms with E-state index in [1.165, 1.54) is 5.70 Å². The number of aliphatic imine (C=N–C) groups is 1. The van der Waals surface area contributed by atoms with Gasteiger partial charge in [0.15, 0.2) is 0 Å². The van der Waals surface area contributed by atoms with E-state index in [-0.39, 0.29) is 6.10 Å². The van der Waals surface area contributed by atoms with Crippen molar-refractivity contribution in [3.63, 3.8) is 0 Å². The Hall–Kier alpha value is -1.29. The summed E-state index contributed by atoms with van der Waals surface area (Å²) in [5.41, 5.74) is 2.35. The van der Waals surface area contributed by atoms with Crippen molar-refractivity contribution >= 4 is 5.71 Å². The zero-order valence-electron chi connectivity index (χ0n) is 7.86. The van der Waals surface area contributed by atoms with Crippen LogP contribution in [-0.4, -0.2) is 25.0 Å². The molecule has 0 saturated carbocycles. The molecule has 0 bridgehead atoms. The van der Waals surface area contributed by atoms with Crippen LogP contribution in [0.2, 0.25) is 0 Å². The van der Waals surface area contributed by atoms with Crippen molar-refractivity contribution in [1.29, 1.82) is 0 Å². The lowest BCUT2D eigenvalue weighted by Crippen LogP contribution is -2.47. The lowest BCUT2D eigenvalue weighted by molar-refractivity contribution is 0.165. The molecule has 0 radical (unpaired) electrons. The van der Waals surface area contributed by atoms with E-state index in [1.807, 2.05) is 0 Å². The first-order chi connectivity index (χ1) is 6.93. The summed E-state index contributed by atoms with van der Waals surface area (Å²) >= 11 is 0. The van der Waals surface area contributed by atoms with E-state index < -0.39 is 0 Å². The van der Waals surface area contributed by atoms with E-state index in [4.69, 9.17) is 4.74 Å². The Labute approximate surface area is 82.7 Å². The van der Waals surface area contributed by atoms with Crippen LogP contribution in [0.3, 0.4) is 0 Å². The van der Waals surface area contributed by atoms with Gasteiger partial charge in [-0.2, -0.15) is 0 Å². The smallest absolute Gasteiger partial charge is 0.140 e. The largest absolute Gasteiger partial charge is 0.490 e. The molecular formula is C10H13N3O. The average molecular weight is 191 g/mol.